The Kier molecular flexibility index (Phi) is 4.99. The number of nitrogen functional groups attached to an aromatic ring is 1. The molecule has 0 unspecified atom stereocenters. The zero-order chi connectivity index (χ0) is 14.5. The second-order valence-electron chi connectivity index (χ2n) is 4.97. The lowest BCUT2D eigenvalue weighted by Crippen LogP contribution is -3.11. The lowest BCUT2D eigenvalue weighted by atomic mass is 10.1. The van der Waals surface area contributed by atoms with Crippen molar-refractivity contribution in [3.05, 3.63) is 16.0 Å². The quantitative estimate of drug-likeness (QED) is 0.810. The number of nitrogens with one attached hydrogen (secondary N) is 1. The average Bonchev–Trinajstić information content (AvgIpc) is 2.76. The molecule has 1 saturated heterocycles. The minimum absolute atomic E-state index is 0.328. The van der Waals surface area contributed by atoms with Crippen LogP contribution in [0.1, 0.15) is 47.0 Å². The number of nitrogens with zero attached hydrogens (tertiary/aromatic N) is 1. The Bertz CT molecular complexity index is 527. The van der Waals surface area contributed by atoms with E-state index in [1.165, 1.54) is 35.5 Å². The van der Waals surface area contributed by atoms with Crippen LogP contribution in [0.25, 0.3) is 0 Å². The van der Waals surface area contributed by atoms with Gasteiger partial charge in [0.05, 0.1) is 30.8 Å². The van der Waals surface area contributed by atoms with Crippen molar-refractivity contribution >= 4 is 22.3 Å². The summed E-state index contributed by atoms with van der Waals surface area (Å²) in [6, 6.07) is 2.14. The van der Waals surface area contributed by atoms with E-state index in [1.54, 1.807) is 6.92 Å². The number of thiophene rings is 1. The summed E-state index contributed by atoms with van der Waals surface area (Å²) in [4.78, 5) is 13.9. The molecule has 0 saturated carbocycles. The second kappa shape index (κ2) is 6.73. The van der Waals surface area contributed by atoms with Crippen molar-refractivity contribution in [3.8, 4) is 6.07 Å². The van der Waals surface area contributed by atoms with E-state index in [0.717, 1.165) is 18.7 Å². The first-order chi connectivity index (χ1) is 9.67. The van der Waals surface area contributed by atoms with Crippen LogP contribution >= 0.6 is 11.3 Å². The van der Waals surface area contributed by atoms with Crippen molar-refractivity contribution in [1.29, 1.82) is 5.26 Å². The zero-order valence-corrected chi connectivity index (χ0v) is 12.5. The van der Waals surface area contributed by atoms with Crippen molar-refractivity contribution in [2.75, 3.05) is 25.4 Å². The molecule has 2 heterocycles. The highest BCUT2D eigenvalue weighted by molar-refractivity contribution is 7.18. The third kappa shape index (κ3) is 3.11. The number of rotatable bonds is 4. The summed E-state index contributed by atoms with van der Waals surface area (Å²) in [5, 5.41) is 9.69. The summed E-state index contributed by atoms with van der Waals surface area (Å²) in [5.74, 6) is -0.364. The normalized spacial score (nSPS) is 15.8. The first-order valence-electron chi connectivity index (χ1n) is 6.99. The maximum atomic E-state index is 12.0. The lowest BCUT2D eigenvalue weighted by molar-refractivity contribution is -0.918. The molecule has 0 amide bonds. The number of piperidine rings is 1. The number of nitrogens with two attached hydrogens (primary N) is 1. The van der Waals surface area contributed by atoms with Gasteiger partial charge in [0.1, 0.15) is 22.5 Å². The SMILES string of the molecule is CCOC(=O)c1sc(N)c(C#N)c1C[NH+]1CCCCC1. The lowest BCUT2D eigenvalue weighted by Gasteiger charge is -2.23. The van der Waals surface area contributed by atoms with E-state index in [4.69, 9.17) is 10.5 Å². The highest BCUT2D eigenvalue weighted by Crippen LogP contribution is 2.30. The fourth-order valence-corrected chi connectivity index (χ4v) is 3.55. The first kappa shape index (κ1) is 14.8. The number of hydrogen-bond acceptors (Lipinski definition) is 5. The van der Waals surface area contributed by atoms with Gasteiger partial charge in [-0.15, -0.1) is 11.3 Å². The summed E-state index contributed by atoms with van der Waals surface area (Å²) in [5.41, 5.74) is 7.09. The zero-order valence-electron chi connectivity index (χ0n) is 11.7. The van der Waals surface area contributed by atoms with Gasteiger partial charge in [0.25, 0.3) is 0 Å². The maximum absolute atomic E-state index is 12.0. The second-order valence-corrected chi connectivity index (χ2v) is 6.02. The van der Waals surface area contributed by atoms with Gasteiger partial charge in [-0.25, -0.2) is 4.79 Å². The molecule has 1 fully saturated rings. The van der Waals surface area contributed by atoms with Gasteiger partial charge in [-0.3, -0.25) is 0 Å². The number of esters is 1. The van der Waals surface area contributed by atoms with Gasteiger partial charge in [-0.1, -0.05) is 0 Å². The molecule has 2 rings (SSSR count). The highest BCUT2D eigenvalue weighted by atomic mass is 32.1. The van der Waals surface area contributed by atoms with Gasteiger partial charge in [-0.2, -0.15) is 5.26 Å². The van der Waals surface area contributed by atoms with Crippen LogP contribution in [0, 0.1) is 11.3 Å². The number of likely N-dealkylation sites (tertiary alicyclic amines) is 1. The molecule has 1 aliphatic heterocycles. The van der Waals surface area contributed by atoms with Gasteiger partial charge in [0, 0.05) is 0 Å². The number of hydrogen-bond donors (Lipinski definition) is 2. The fourth-order valence-electron chi connectivity index (χ4n) is 2.62. The predicted octanol–water partition coefficient (Wildman–Crippen LogP) is 0.947. The van der Waals surface area contributed by atoms with Crippen LogP contribution in [0.4, 0.5) is 5.00 Å². The van der Waals surface area contributed by atoms with Crippen LogP contribution in [0.15, 0.2) is 0 Å². The molecule has 0 spiro atoms. The molecule has 1 aliphatic rings. The molecular formula is C14H20N3O2S+. The standard InChI is InChI=1S/C14H19N3O2S/c1-2-19-14(18)12-11(10(8-15)13(16)20-12)9-17-6-4-3-5-7-17/h2-7,9,16H2,1H3/p+1. The summed E-state index contributed by atoms with van der Waals surface area (Å²) in [7, 11) is 0. The van der Waals surface area contributed by atoms with E-state index in [-0.39, 0.29) is 5.97 Å². The molecule has 0 aromatic carbocycles. The van der Waals surface area contributed by atoms with E-state index >= 15 is 0 Å². The minimum atomic E-state index is -0.364. The molecule has 20 heavy (non-hydrogen) atoms. The predicted molar refractivity (Wildman–Crippen MR) is 77.7 cm³/mol. The van der Waals surface area contributed by atoms with E-state index in [1.807, 2.05) is 0 Å². The monoisotopic (exact) mass is 294 g/mol. The Morgan fingerprint density at radius 1 is 1.45 bits per heavy atom. The number of anilines is 1. The Labute approximate surface area is 122 Å². The van der Waals surface area contributed by atoms with E-state index < -0.39 is 0 Å². The number of nitriles is 1. The molecule has 0 radical (unpaired) electrons. The van der Waals surface area contributed by atoms with Crippen LogP contribution < -0.4 is 10.6 Å². The third-order valence-corrected chi connectivity index (χ3v) is 4.64. The van der Waals surface area contributed by atoms with Gasteiger partial charge in [0.15, 0.2) is 0 Å². The Balaban J connectivity index is 2.28. The summed E-state index contributed by atoms with van der Waals surface area (Å²) < 4.78 is 5.07. The van der Waals surface area contributed by atoms with Crippen molar-refractivity contribution < 1.29 is 14.4 Å². The first-order valence-corrected chi connectivity index (χ1v) is 7.81. The average molecular weight is 294 g/mol. The van der Waals surface area contributed by atoms with Crippen molar-refractivity contribution in [2.45, 2.75) is 32.7 Å². The Hall–Kier alpha value is -1.58. The molecule has 0 atom stereocenters. The largest absolute Gasteiger partial charge is 0.462 e. The molecule has 0 bridgehead atoms. The van der Waals surface area contributed by atoms with Gasteiger partial charge in [-0.05, 0) is 26.2 Å². The summed E-state index contributed by atoms with van der Waals surface area (Å²) >= 11 is 1.17. The summed E-state index contributed by atoms with van der Waals surface area (Å²) in [6.45, 7) is 4.96. The van der Waals surface area contributed by atoms with Gasteiger partial charge >= 0.3 is 5.97 Å². The van der Waals surface area contributed by atoms with Crippen molar-refractivity contribution in [1.82, 2.24) is 0 Å². The van der Waals surface area contributed by atoms with Crippen molar-refractivity contribution in [2.24, 2.45) is 0 Å². The molecule has 1 aromatic rings. The molecular weight excluding hydrogens is 274 g/mol. The van der Waals surface area contributed by atoms with Crippen LogP contribution in [0.5, 0.6) is 0 Å². The van der Waals surface area contributed by atoms with Gasteiger partial charge < -0.3 is 15.4 Å². The molecule has 108 valence electrons. The van der Waals surface area contributed by atoms with Crippen LogP contribution in [-0.2, 0) is 11.3 Å². The van der Waals surface area contributed by atoms with Crippen LogP contribution in [0.3, 0.4) is 0 Å². The Morgan fingerprint density at radius 3 is 2.75 bits per heavy atom. The molecule has 5 nitrogen and oxygen atoms in total. The molecule has 6 heteroatoms. The van der Waals surface area contributed by atoms with E-state index in [2.05, 4.69) is 6.07 Å². The van der Waals surface area contributed by atoms with Crippen molar-refractivity contribution in [3.63, 3.8) is 0 Å². The van der Waals surface area contributed by atoms with E-state index in [0.29, 0.717) is 28.6 Å². The number of carbonyl (C=O) groups excluding carboxylic acids is 1. The van der Waals surface area contributed by atoms with Crippen LogP contribution in [0.2, 0.25) is 0 Å². The third-order valence-electron chi connectivity index (χ3n) is 3.59. The minimum Gasteiger partial charge on any atom is -0.462 e. The Morgan fingerprint density at radius 2 is 2.15 bits per heavy atom. The van der Waals surface area contributed by atoms with Crippen LogP contribution in [-0.4, -0.2) is 25.7 Å². The smallest absolute Gasteiger partial charge is 0.348 e. The summed E-state index contributed by atoms with van der Waals surface area (Å²) in [6.07, 6.45) is 3.67. The van der Waals surface area contributed by atoms with E-state index in [9.17, 15) is 10.1 Å². The maximum Gasteiger partial charge on any atom is 0.348 e. The highest BCUT2D eigenvalue weighted by Gasteiger charge is 2.26. The molecule has 3 N–H and O–H groups in total. The van der Waals surface area contributed by atoms with Gasteiger partial charge in [0.2, 0.25) is 0 Å². The number of carbonyl (C=O) groups is 1. The molecule has 1 aromatic heterocycles. The topological polar surface area (TPSA) is 80.5 Å². The number of ether oxygens (including phenoxy) is 1. The fraction of sp³-hybridized carbons (Fsp3) is 0.571. The molecule has 0 aliphatic carbocycles. The number of quaternary nitrogens is 1.